The van der Waals surface area contributed by atoms with E-state index in [1.165, 1.54) is 0 Å². The standard InChI is InChI=1S/C26H33N3O3/c1-3-21-11-8-14-29(21)26(32)24-22-13-16-27(23(30)4-2)17-20(22)18-28(25(24)31)15-12-19-9-6-5-7-10-19/h5-7,9-10,18,21H,3-4,8,11-17H2,1-2H3. The molecule has 1 atom stereocenters. The molecule has 170 valence electrons. The van der Waals surface area contributed by atoms with Gasteiger partial charge in [-0.1, -0.05) is 44.2 Å². The third-order valence-corrected chi connectivity index (χ3v) is 6.93. The summed E-state index contributed by atoms with van der Waals surface area (Å²) in [6, 6.07) is 10.3. The van der Waals surface area contributed by atoms with Crippen molar-refractivity contribution in [2.75, 3.05) is 13.1 Å². The lowest BCUT2D eigenvalue weighted by Crippen LogP contribution is -2.43. The second kappa shape index (κ2) is 9.72. The molecule has 2 aromatic rings. The smallest absolute Gasteiger partial charge is 0.263 e. The zero-order chi connectivity index (χ0) is 22.7. The maximum atomic E-state index is 13.6. The first-order valence-electron chi connectivity index (χ1n) is 11.9. The number of aromatic nitrogens is 1. The van der Waals surface area contributed by atoms with Crippen molar-refractivity contribution in [3.05, 3.63) is 69.1 Å². The van der Waals surface area contributed by atoms with Gasteiger partial charge in [0.25, 0.3) is 11.5 Å². The van der Waals surface area contributed by atoms with Crippen LogP contribution >= 0.6 is 0 Å². The monoisotopic (exact) mass is 435 g/mol. The molecule has 0 spiro atoms. The zero-order valence-corrected chi connectivity index (χ0v) is 19.2. The Labute approximate surface area is 189 Å². The minimum absolute atomic E-state index is 0.108. The second-order valence-corrected chi connectivity index (χ2v) is 8.86. The molecule has 0 radical (unpaired) electrons. The summed E-state index contributed by atoms with van der Waals surface area (Å²) in [5.74, 6) is -0.0175. The second-order valence-electron chi connectivity index (χ2n) is 8.86. The fraction of sp³-hybridized carbons (Fsp3) is 0.500. The van der Waals surface area contributed by atoms with Crippen molar-refractivity contribution in [3.63, 3.8) is 0 Å². The Hall–Kier alpha value is -2.89. The fourth-order valence-corrected chi connectivity index (χ4v) is 5.10. The van der Waals surface area contributed by atoms with E-state index < -0.39 is 0 Å². The molecule has 2 aliphatic rings. The number of likely N-dealkylation sites (tertiary alicyclic amines) is 1. The summed E-state index contributed by atoms with van der Waals surface area (Å²) in [6.45, 7) is 6.21. The van der Waals surface area contributed by atoms with Crippen LogP contribution in [0.25, 0.3) is 0 Å². The van der Waals surface area contributed by atoms with E-state index in [0.29, 0.717) is 51.0 Å². The first-order valence-corrected chi connectivity index (χ1v) is 11.9. The van der Waals surface area contributed by atoms with Crippen molar-refractivity contribution >= 4 is 11.8 Å². The van der Waals surface area contributed by atoms with E-state index in [1.54, 1.807) is 4.57 Å². The van der Waals surface area contributed by atoms with Gasteiger partial charge in [0.15, 0.2) is 0 Å². The van der Waals surface area contributed by atoms with Crippen molar-refractivity contribution in [2.24, 2.45) is 0 Å². The van der Waals surface area contributed by atoms with E-state index >= 15 is 0 Å². The van der Waals surface area contributed by atoms with Gasteiger partial charge in [-0.3, -0.25) is 14.4 Å². The summed E-state index contributed by atoms with van der Waals surface area (Å²) in [6.07, 6.45) is 6.50. The number of fused-ring (bicyclic) bond motifs is 1. The van der Waals surface area contributed by atoms with E-state index in [-0.39, 0.29) is 23.4 Å². The molecule has 6 heteroatoms. The number of aryl methyl sites for hydroxylation is 2. The summed E-state index contributed by atoms with van der Waals surface area (Å²) >= 11 is 0. The predicted octanol–water partition coefficient (Wildman–Crippen LogP) is 3.40. The number of hydrogen-bond acceptors (Lipinski definition) is 3. The lowest BCUT2D eigenvalue weighted by atomic mass is 9.95. The highest BCUT2D eigenvalue weighted by atomic mass is 16.2. The number of benzene rings is 1. The van der Waals surface area contributed by atoms with Crippen LogP contribution in [0.2, 0.25) is 0 Å². The Balaban J connectivity index is 1.72. The Morgan fingerprint density at radius 2 is 1.88 bits per heavy atom. The van der Waals surface area contributed by atoms with E-state index in [0.717, 1.165) is 36.0 Å². The molecule has 0 bridgehead atoms. The molecule has 0 aliphatic carbocycles. The molecule has 3 heterocycles. The molecule has 4 rings (SSSR count). The largest absolute Gasteiger partial charge is 0.338 e. The van der Waals surface area contributed by atoms with Crippen LogP contribution < -0.4 is 5.56 Å². The predicted molar refractivity (Wildman–Crippen MR) is 125 cm³/mol. The molecule has 0 saturated carbocycles. The van der Waals surface area contributed by atoms with Crippen LogP contribution in [0.15, 0.2) is 41.3 Å². The molecule has 2 aliphatic heterocycles. The average molecular weight is 436 g/mol. The van der Waals surface area contributed by atoms with E-state index in [4.69, 9.17) is 0 Å². The molecule has 2 amide bonds. The highest BCUT2D eigenvalue weighted by molar-refractivity contribution is 5.96. The van der Waals surface area contributed by atoms with Crippen molar-refractivity contribution in [2.45, 2.75) is 71.5 Å². The quantitative estimate of drug-likeness (QED) is 0.699. The summed E-state index contributed by atoms with van der Waals surface area (Å²) in [7, 11) is 0. The highest BCUT2D eigenvalue weighted by Gasteiger charge is 2.34. The van der Waals surface area contributed by atoms with Crippen LogP contribution in [0.5, 0.6) is 0 Å². The van der Waals surface area contributed by atoms with Crippen molar-refractivity contribution in [3.8, 4) is 0 Å². The average Bonchev–Trinajstić information content (AvgIpc) is 3.31. The molecular formula is C26H33N3O3. The molecule has 32 heavy (non-hydrogen) atoms. The number of hydrogen-bond donors (Lipinski definition) is 0. The first kappa shape index (κ1) is 22.3. The van der Waals surface area contributed by atoms with E-state index in [9.17, 15) is 14.4 Å². The third kappa shape index (κ3) is 4.36. The van der Waals surface area contributed by atoms with Gasteiger partial charge in [-0.2, -0.15) is 0 Å². The molecule has 1 aromatic heterocycles. The molecule has 1 aromatic carbocycles. The minimum Gasteiger partial charge on any atom is -0.338 e. The fourth-order valence-electron chi connectivity index (χ4n) is 5.10. The minimum atomic E-state index is -0.193. The van der Waals surface area contributed by atoms with Crippen molar-refractivity contribution < 1.29 is 9.59 Å². The maximum absolute atomic E-state index is 13.6. The molecule has 0 N–H and O–H groups in total. The van der Waals surface area contributed by atoms with Gasteiger partial charge in [-0.05, 0) is 48.8 Å². The number of carbonyl (C=O) groups excluding carboxylic acids is 2. The van der Waals surface area contributed by atoms with Gasteiger partial charge >= 0.3 is 0 Å². The summed E-state index contributed by atoms with van der Waals surface area (Å²) in [5, 5.41) is 0. The normalized spacial score (nSPS) is 18.0. The van der Waals surface area contributed by atoms with Crippen LogP contribution in [0.4, 0.5) is 0 Å². The molecule has 1 unspecified atom stereocenters. The van der Waals surface area contributed by atoms with Crippen molar-refractivity contribution in [1.82, 2.24) is 14.4 Å². The summed E-state index contributed by atoms with van der Waals surface area (Å²) in [5.41, 5.74) is 3.07. The van der Waals surface area contributed by atoms with Gasteiger partial charge in [0.2, 0.25) is 5.91 Å². The maximum Gasteiger partial charge on any atom is 0.263 e. The number of pyridine rings is 1. The van der Waals surface area contributed by atoms with E-state index in [2.05, 4.69) is 6.92 Å². The van der Waals surface area contributed by atoms with Crippen LogP contribution in [0.1, 0.15) is 66.6 Å². The Morgan fingerprint density at radius 3 is 2.59 bits per heavy atom. The van der Waals surface area contributed by atoms with Crippen LogP contribution in [0.3, 0.4) is 0 Å². The number of carbonyl (C=O) groups is 2. The Morgan fingerprint density at radius 1 is 1.09 bits per heavy atom. The molecular weight excluding hydrogens is 402 g/mol. The van der Waals surface area contributed by atoms with Gasteiger partial charge in [-0.15, -0.1) is 0 Å². The van der Waals surface area contributed by atoms with Crippen LogP contribution in [-0.4, -0.2) is 45.3 Å². The zero-order valence-electron chi connectivity index (χ0n) is 19.2. The summed E-state index contributed by atoms with van der Waals surface area (Å²) in [4.78, 5) is 43.3. The van der Waals surface area contributed by atoms with Crippen molar-refractivity contribution in [1.29, 1.82) is 0 Å². The molecule has 6 nitrogen and oxygen atoms in total. The number of amides is 2. The van der Waals surface area contributed by atoms with Gasteiger partial charge in [-0.25, -0.2) is 0 Å². The van der Waals surface area contributed by atoms with E-state index in [1.807, 2.05) is 53.3 Å². The lowest BCUT2D eigenvalue weighted by Gasteiger charge is -2.32. The first-order chi connectivity index (χ1) is 15.5. The Kier molecular flexibility index (Phi) is 6.77. The third-order valence-electron chi connectivity index (χ3n) is 6.93. The highest BCUT2D eigenvalue weighted by Crippen LogP contribution is 2.26. The topological polar surface area (TPSA) is 62.6 Å². The van der Waals surface area contributed by atoms with Crippen LogP contribution in [0, 0.1) is 0 Å². The van der Waals surface area contributed by atoms with Crippen LogP contribution in [-0.2, 0) is 30.7 Å². The van der Waals surface area contributed by atoms with Gasteiger partial charge in [0, 0.05) is 44.8 Å². The van der Waals surface area contributed by atoms with Gasteiger partial charge in [0.1, 0.15) is 5.56 Å². The SMILES string of the molecule is CCC(=O)N1CCc2c(cn(CCc3ccccc3)c(=O)c2C(=O)N2CCCC2CC)C1. The van der Waals surface area contributed by atoms with Gasteiger partial charge < -0.3 is 14.4 Å². The summed E-state index contributed by atoms with van der Waals surface area (Å²) < 4.78 is 1.69. The molecule has 1 saturated heterocycles. The molecule has 1 fully saturated rings. The van der Waals surface area contributed by atoms with Gasteiger partial charge in [0.05, 0.1) is 0 Å². The lowest BCUT2D eigenvalue weighted by molar-refractivity contribution is -0.131. The number of rotatable bonds is 6. The Bertz CT molecular complexity index is 1040. The number of nitrogens with zero attached hydrogens (tertiary/aromatic N) is 3.